The number of hydrogen-bond donors (Lipinski definition) is 1. The Morgan fingerprint density at radius 2 is 1.65 bits per heavy atom. The van der Waals surface area contributed by atoms with Crippen LogP contribution in [0.25, 0.3) is 0 Å². The molecule has 5 nitrogen and oxygen atoms in total. The first-order valence-electron chi connectivity index (χ1n) is 8.67. The molecule has 0 saturated heterocycles. The SMILES string of the molecule is CC(C)c1ccc(NC(=O)[C@H](C)OC(=O)c2cccc(N(C)C)c2)cc1. The van der Waals surface area contributed by atoms with Gasteiger partial charge in [0.15, 0.2) is 6.10 Å². The second-order valence-corrected chi connectivity index (χ2v) is 6.76. The van der Waals surface area contributed by atoms with Gasteiger partial charge in [0, 0.05) is 25.5 Å². The summed E-state index contributed by atoms with van der Waals surface area (Å²) in [6.45, 7) is 5.78. The number of carbonyl (C=O) groups excluding carboxylic acids is 2. The molecular formula is C21H26N2O3. The first kappa shape index (κ1) is 19.5. The highest BCUT2D eigenvalue weighted by Crippen LogP contribution is 2.18. The van der Waals surface area contributed by atoms with Gasteiger partial charge in [0.1, 0.15) is 0 Å². The minimum atomic E-state index is -0.893. The fourth-order valence-electron chi connectivity index (χ4n) is 2.39. The lowest BCUT2D eigenvalue weighted by atomic mass is 10.0. The molecule has 0 fully saturated rings. The standard InChI is InChI=1S/C21H26N2O3/c1-14(2)16-9-11-18(12-10-16)22-20(24)15(3)26-21(25)17-7-6-8-19(13-17)23(4)5/h6-15H,1-5H3,(H,22,24)/t15-/m0/s1. The molecule has 0 radical (unpaired) electrons. The molecule has 5 heteroatoms. The van der Waals surface area contributed by atoms with Crippen molar-refractivity contribution in [2.24, 2.45) is 0 Å². The molecule has 0 saturated carbocycles. The number of ether oxygens (including phenoxy) is 1. The molecule has 0 unspecified atom stereocenters. The van der Waals surface area contributed by atoms with Crippen LogP contribution >= 0.6 is 0 Å². The van der Waals surface area contributed by atoms with E-state index in [0.717, 1.165) is 5.69 Å². The van der Waals surface area contributed by atoms with Gasteiger partial charge < -0.3 is 15.0 Å². The minimum absolute atomic E-state index is 0.362. The Morgan fingerprint density at radius 1 is 1.00 bits per heavy atom. The van der Waals surface area contributed by atoms with E-state index in [2.05, 4.69) is 19.2 Å². The molecule has 1 N–H and O–H groups in total. The second kappa shape index (κ2) is 8.52. The molecule has 0 bridgehead atoms. The van der Waals surface area contributed by atoms with Gasteiger partial charge in [-0.3, -0.25) is 4.79 Å². The number of nitrogens with one attached hydrogen (secondary N) is 1. The smallest absolute Gasteiger partial charge is 0.338 e. The van der Waals surface area contributed by atoms with E-state index in [0.29, 0.717) is 17.2 Å². The fourth-order valence-corrected chi connectivity index (χ4v) is 2.39. The lowest BCUT2D eigenvalue weighted by Gasteiger charge is -2.16. The Bertz CT molecular complexity index is 767. The molecule has 0 spiro atoms. The third kappa shape index (κ3) is 5.09. The van der Waals surface area contributed by atoms with Gasteiger partial charge >= 0.3 is 5.97 Å². The van der Waals surface area contributed by atoms with Crippen molar-refractivity contribution in [1.82, 2.24) is 0 Å². The molecule has 138 valence electrons. The molecule has 1 atom stereocenters. The summed E-state index contributed by atoms with van der Waals surface area (Å²) < 4.78 is 5.30. The van der Waals surface area contributed by atoms with Crippen molar-refractivity contribution < 1.29 is 14.3 Å². The summed E-state index contributed by atoms with van der Waals surface area (Å²) in [7, 11) is 3.79. The Labute approximate surface area is 155 Å². The predicted molar refractivity (Wildman–Crippen MR) is 105 cm³/mol. The topological polar surface area (TPSA) is 58.6 Å². The first-order valence-corrected chi connectivity index (χ1v) is 8.67. The van der Waals surface area contributed by atoms with Crippen LogP contribution in [0, 0.1) is 0 Å². The minimum Gasteiger partial charge on any atom is -0.449 e. The van der Waals surface area contributed by atoms with Crippen LogP contribution in [0.5, 0.6) is 0 Å². The zero-order valence-corrected chi connectivity index (χ0v) is 15.9. The van der Waals surface area contributed by atoms with Crippen LogP contribution in [0.3, 0.4) is 0 Å². The fraction of sp³-hybridized carbons (Fsp3) is 0.333. The predicted octanol–water partition coefficient (Wildman–Crippen LogP) is 4.06. The monoisotopic (exact) mass is 354 g/mol. The van der Waals surface area contributed by atoms with Gasteiger partial charge in [0.05, 0.1) is 5.56 Å². The number of hydrogen-bond acceptors (Lipinski definition) is 4. The molecular weight excluding hydrogens is 328 g/mol. The molecule has 26 heavy (non-hydrogen) atoms. The highest BCUT2D eigenvalue weighted by atomic mass is 16.5. The third-order valence-corrected chi connectivity index (χ3v) is 4.10. The molecule has 2 rings (SSSR count). The lowest BCUT2D eigenvalue weighted by molar-refractivity contribution is -0.123. The highest BCUT2D eigenvalue weighted by molar-refractivity contribution is 5.97. The zero-order valence-electron chi connectivity index (χ0n) is 15.9. The normalized spacial score (nSPS) is 11.8. The number of benzene rings is 2. The highest BCUT2D eigenvalue weighted by Gasteiger charge is 2.19. The van der Waals surface area contributed by atoms with E-state index in [4.69, 9.17) is 4.74 Å². The van der Waals surface area contributed by atoms with Gasteiger partial charge in [-0.2, -0.15) is 0 Å². The molecule has 0 aliphatic heterocycles. The van der Waals surface area contributed by atoms with E-state index in [1.807, 2.05) is 49.3 Å². The van der Waals surface area contributed by atoms with E-state index in [9.17, 15) is 9.59 Å². The van der Waals surface area contributed by atoms with Crippen LogP contribution in [0.15, 0.2) is 48.5 Å². The Balaban J connectivity index is 1.97. The number of amides is 1. The van der Waals surface area contributed by atoms with Crippen LogP contribution in [0.2, 0.25) is 0 Å². The number of rotatable bonds is 6. The van der Waals surface area contributed by atoms with Gasteiger partial charge in [-0.05, 0) is 48.7 Å². The largest absolute Gasteiger partial charge is 0.449 e. The summed E-state index contributed by atoms with van der Waals surface area (Å²) in [5, 5.41) is 2.77. The Kier molecular flexibility index (Phi) is 6.39. The van der Waals surface area contributed by atoms with Gasteiger partial charge in [0.25, 0.3) is 5.91 Å². The first-order chi connectivity index (χ1) is 12.3. The third-order valence-electron chi connectivity index (χ3n) is 4.10. The van der Waals surface area contributed by atoms with Crippen molar-refractivity contribution >= 4 is 23.3 Å². The lowest BCUT2D eigenvalue weighted by Crippen LogP contribution is -2.30. The van der Waals surface area contributed by atoms with Gasteiger partial charge in [-0.15, -0.1) is 0 Å². The Morgan fingerprint density at radius 3 is 2.23 bits per heavy atom. The van der Waals surface area contributed by atoms with Crippen LogP contribution < -0.4 is 10.2 Å². The van der Waals surface area contributed by atoms with Crippen LogP contribution in [-0.2, 0) is 9.53 Å². The second-order valence-electron chi connectivity index (χ2n) is 6.76. The molecule has 0 aliphatic carbocycles. The van der Waals surface area contributed by atoms with Crippen molar-refractivity contribution in [3.63, 3.8) is 0 Å². The maximum atomic E-state index is 12.3. The van der Waals surface area contributed by atoms with Crippen molar-refractivity contribution in [3.05, 3.63) is 59.7 Å². The van der Waals surface area contributed by atoms with Crippen molar-refractivity contribution in [1.29, 1.82) is 0 Å². The number of nitrogens with zero attached hydrogens (tertiary/aromatic N) is 1. The van der Waals surface area contributed by atoms with E-state index >= 15 is 0 Å². The molecule has 2 aromatic carbocycles. The summed E-state index contributed by atoms with van der Waals surface area (Å²) in [5.41, 5.74) is 3.18. The van der Waals surface area contributed by atoms with Crippen LogP contribution in [0.4, 0.5) is 11.4 Å². The molecule has 0 heterocycles. The van der Waals surface area contributed by atoms with Crippen molar-refractivity contribution in [2.45, 2.75) is 32.8 Å². The molecule has 2 aromatic rings. The number of carbonyl (C=O) groups is 2. The quantitative estimate of drug-likeness (QED) is 0.795. The molecule has 0 aromatic heterocycles. The van der Waals surface area contributed by atoms with Crippen LogP contribution in [-0.4, -0.2) is 32.1 Å². The van der Waals surface area contributed by atoms with Crippen molar-refractivity contribution in [3.8, 4) is 0 Å². The van der Waals surface area contributed by atoms with Gasteiger partial charge in [-0.1, -0.05) is 32.0 Å². The summed E-state index contributed by atoms with van der Waals surface area (Å²) in [6.07, 6.45) is -0.893. The van der Waals surface area contributed by atoms with E-state index in [1.165, 1.54) is 5.56 Å². The Hall–Kier alpha value is -2.82. The maximum absolute atomic E-state index is 12.3. The number of anilines is 2. The average molecular weight is 354 g/mol. The summed E-state index contributed by atoms with van der Waals surface area (Å²) in [4.78, 5) is 26.5. The summed E-state index contributed by atoms with van der Waals surface area (Å²) in [5.74, 6) is -0.455. The van der Waals surface area contributed by atoms with E-state index < -0.39 is 12.1 Å². The van der Waals surface area contributed by atoms with Gasteiger partial charge in [0.2, 0.25) is 0 Å². The van der Waals surface area contributed by atoms with Crippen molar-refractivity contribution in [2.75, 3.05) is 24.3 Å². The number of esters is 1. The summed E-state index contributed by atoms with van der Waals surface area (Å²) >= 11 is 0. The van der Waals surface area contributed by atoms with Gasteiger partial charge in [-0.25, -0.2) is 4.79 Å². The molecule has 0 aliphatic rings. The zero-order chi connectivity index (χ0) is 19.3. The van der Waals surface area contributed by atoms with E-state index in [-0.39, 0.29) is 5.91 Å². The molecule has 1 amide bonds. The summed E-state index contributed by atoms with van der Waals surface area (Å²) in [6, 6.07) is 14.7. The maximum Gasteiger partial charge on any atom is 0.338 e. The average Bonchev–Trinajstić information content (AvgIpc) is 2.62. The van der Waals surface area contributed by atoms with E-state index in [1.54, 1.807) is 25.1 Å². The van der Waals surface area contributed by atoms with Crippen LogP contribution in [0.1, 0.15) is 42.6 Å².